The molecule has 2 aromatic rings. The van der Waals surface area contributed by atoms with Crippen molar-refractivity contribution in [3.05, 3.63) is 60.1 Å². The van der Waals surface area contributed by atoms with Crippen molar-refractivity contribution >= 4 is 11.8 Å². The Labute approximate surface area is 147 Å². The number of carbonyl (C=O) groups is 2. The lowest BCUT2D eigenvalue weighted by atomic mass is 10.0. The maximum atomic E-state index is 12.7. The molecular formula is C20H24N2O3. The molecule has 3 rings (SSSR count). The Hall–Kier alpha value is -2.56. The summed E-state index contributed by atoms with van der Waals surface area (Å²) in [5.41, 5.74) is 1.26. The minimum Gasteiger partial charge on any atom is -0.459 e. The zero-order chi connectivity index (χ0) is 17.7. The van der Waals surface area contributed by atoms with Crippen LogP contribution in [0.25, 0.3) is 0 Å². The van der Waals surface area contributed by atoms with Crippen molar-refractivity contribution in [1.82, 2.24) is 10.6 Å². The SMILES string of the molecule is CCC1(CNC(=O)[C@@H](Cc2ccccc2)NC(=O)c2ccco2)CC1. The summed E-state index contributed by atoms with van der Waals surface area (Å²) in [5, 5.41) is 5.82. The fourth-order valence-corrected chi connectivity index (χ4v) is 2.93. The van der Waals surface area contributed by atoms with Gasteiger partial charge in [0.05, 0.1) is 6.26 Å². The third kappa shape index (κ3) is 4.50. The van der Waals surface area contributed by atoms with E-state index in [0.717, 1.165) is 24.8 Å². The number of furan rings is 1. The summed E-state index contributed by atoms with van der Waals surface area (Å²) in [4.78, 5) is 25.0. The predicted octanol–water partition coefficient (Wildman–Crippen LogP) is 2.93. The lowest BCUT2D eigenvalue weighted by molar-refractivity contribution is -0.123. The Balaban J connectivity index is 1.66. The van der Waals surface area contributed by atoms with E-state index in [-0.39, 0.29) is 23.0 Å². The van der Waals surface area contributed by atoms with Crippen molar-refractivity contribution in [2.75, 3.05) is 6.54 Å². The molecule has 1 aromatic carbocycles. The highest BCUT2D eigenvalue weighted by Gasteiger charge is 2.41. The molecule has 0 radical (unpaired) electrons. The Bertz CT molecular complexity index is 706. The second-order valence-electron chi connectivity index (χ2n) is 6.76. The molecule has 0 spiro atoms. The second kappa shape index (κ2) is 7.55. The predicted molar refractivity (Wildman–Crippen MR) is 95.1 cm³/mol. The van der Waals surface area contributed by atoms with Crippen LogP contribution < -0.4 is 10.6 Å². The van der Waals surface area contributed by atoms with E-state index in [2.05, 4.69) is 17.6 Å². The monoisotopic (exact) mass is 340 g/mol. The van der Waals surface area contributed by atoms with Crippen LogP contribution in [0.4, 0.5) is 0 Å². The molecule has 5 nitrogen and oxygen atoms in total. The zero-order valence-corrected chi connectivity index (χ0v) is 14.5. The Kier molecular flexibility index (Phi) is 5.22. The highest BCUT2D eigenvalue weighted by atomic mass is 16.3. The Morgan fingerprint density at radius 3 is 2.52 bits per heavy atom. The van der Waals surface area contributed by atoms with E-state index in [1.807, 2.05) is 30.3 Å². The van der Waals surface area contributed by atoms with Gasteiger partial charge in [-0.15, -0.1) is 0 Å². The standard InChI is InChI=1S/C20H24N2O3/c1-2-20(10-11-20)14-21-18(23)16(13-15-7-4-3-5-8-15)22-19(24)17-9-6-12-25-17/h3-9,12,16H,2,10-11,13-14H2,1H3,(H,21,23)(H,22,24)/t16-/m1/s1. The lowest BCUT2D eigenvalue weighted by Crippen LogP contribution is -2.49. The van der Waals surface area contributed by atoms with Crippen LogP contribution >= 0.6 is 0 Å². The van der Waals surface area contributed by atoms with E-state index in [1.165, 1.54) is 6.26 Å². The number of benzene rings is 1. The summed E-state index contributed by atoms with van der Waals surface area (Å²) in [7, 11) is 0. The van der Waals surface area contributed by atoms with Gasteiger partial charge in [-0.05, 0) is 42.4 Å². The maximum absolute atomic E-state index is 12.7. The molecule has 25 heavy (non-hydrogen) atoms. The average molecular weight is 340 g/mol. The molecule has 2 amide bonds. The third-order valence-electron chi connectivity index (χ3n) is 4.99. The largest absolute Gasteiger partial charge is 0.459 e. The Morgan fingerprint density at radius 1 is 1.16 bits per heavy atom. The van der Waals surface area contributed by atoms with Gasteiger partial charge in [-0.1, -0.05) is 37.3 Å². The number of rotatable bonds is 8. The molecule has 1 heterocycles. The van der Waals surface area contributed by atoms with Gasteiger partial charge in [0, 0.05) is 13.0 Å². The van der Waals surface area contributed by atoms with E-state index in [9.17, 15) is 9.59 Å². The molecule has 1 aliphatic rings. The first-order valence-corrected chi connectivity index (χ1v) is 8.78. The van der Waals surface area contributed by atoms with Crippen LogP contribution in [-0.2, 0) is 11.2 Å². The van der Waals surface area contributed by atoms with Crippen LogP contribution in [0.2, 0.25) is 0 Å². The van der Waals surface area contributed by atoms with E-state index in [4.69, 9.17) is 4.42 Å². The lowest BCUT2D eigenvalue weighted by Gasteiger charge is -2.20. The molecule has 1 atom stereocenters. The smallest absolute Gasteiger partial charge is 0.287 e. The summed E-state index contributed by atoms with van der Waals surface area (Å²) >= 11 is 0. The fourth-order valence-electron chi connectivity index (χ4n) is 2.93. The van der Waals surface area contributed by atoms with E-state index in [1.54, 1.807) is 12.1 Å². The third-order valence-corrected chi connectivity index (χ3v) is 4.99. The Morgan fingerprint density at radius 2 is 1.92 bits per heavy atom. The van der Waals surface area contributed by atoms with Gasteiger partial charge in [0.25, 0.3) is 5.91 Å². The van der Waals surface area contributed by atoms with Crippen molar-refractivity contribution in [1.29, 1.82) is 0 Å². The highest BCUT2D eigenvalue weighted by molar-refractivity contribution is 5.95. The molecule has 0 aliphatic heterocycles. The molecule has 1 aromatic heterocycles. The van der Waals surface area contributed by atoms with Gasteiger partial charge in [-0.3, -0.25) is 9.59 Å². The molecule has 132 valence electrons. The maximum Gasteiger partial charge on any atom is 0.287 e. The molecule has 1 saturated carbocycles. The van der Waals surface area contributed by atoms with Crippen LogP contribution in [0.3, 0.4) is 0 Å². The van der Waals surface area contributed by atoms with Crippen LogP contribution in [0.5, 0.6) is 0 Å². The zero-order valence-electron chi connectivity index (χ0n) is 14.5. The van der Waals surface area contributed by atoms with Gasteiger partial charge in [-0.25, -0.2) is 0 Å². The van der Waals surface area contributed by atoms with Gasteiger partial charge in [0.1, 0.15) is 6.04 Å². The normalized spacial score (nSPS) is 16.0. The van der Waals surface area contributed by atoms with Gasteiger partial charge in [-0.2, -0.15) is 0 Å². The molecule has 5 heteroatoms. The van der Waals surface area contributed by atoms with Crippen LogP contribution in [0.15, 0.2) is 53.1 Å². The van der Waals surface area contributed by atoms with Gasteiger partial charge >= 0.3 is 0 Å². The summed E-state index contributed by atoms with van der Waals surface area (Å²) in [6.07, 6.45) is 5.27. The fraction of sp³-hybridized carbons (Fsp3) is 0.400. The molecule has 0 unspecified atom stereocenters. The first-order chi connectivity index (χ1) is 12.1. The van der Waals surface area contributed by atoms with Crippen LogP contribution in [0.1, 0.15) is 42.3 Å². The van der Waals surface area contributed by atoms with Gasteiger partial charge < -0.3 is 15.1 Å². The summed E-state index contributed by atoms with van der Waals surface area (Å²) in [5.74, 6) is -0.320. The van der Waals surface area contributed by atoms with Crippen molar-refractivity contribution < 1.29 is 14.0 Å². The first-order valence-electron chi connectivity index (χ1n) is 8.78. The summed E-state index contributed by atoms with van der Waals surface area (Å²) in [6, 6.07) is 12.3. The molecule has 1 aliphatic carbocycles. The van der Waals surface area contributed by atoms with E-state index >= 15 is 0 Å². The molecular weight excluding hydrogens is 316 g/mol. The van der Waals surface area contributed by atoms with Gasteiger partial charge in [0.15, 0.2) is 5.76 Å². The average Bonchev–Trinajstić information content (AvgIpc) is 3.21. The minimum atomic E-state index is -0.632. The number of hydrogen-bond acceptors (Lipinski definition) is 3. The van der Waals surface area contributed by atoms with Crippen LogP contribution in [0, 0.1) is 5.41 Å². The van der Waals surface area contributed by atoms with Gasteiger partial charge in [0.2, 0.25) is 5.91 Å². The van der Waals surface area contributed by atoms with Crippen molar-refractivity contribution in [3.63, 3.8) is 0 Å². The number of carbonyl (C=O) groups excluding carboxylic acids is 2. The van der Waals surface area contributed by atoms with Crippen LogP contribution in [-0.4, -0.2) is 24.4 Å². The number of nitrogens with one attached hydrogen (secondary N) is 2. The molecule has 0 saturated heterocycles. The molecule has 2 N–H and O–H groups in total. The molecule has 1 fully saturated rings. The van der Waals surface area contributed by atoms with E-state index in [0.29, 0.717) is 13.0 Å². The minimum absolute atomic E-state index is 0.150. The number of hydrogen-bond donors (Lipinski definition) is 2. The highest BCUT2D eigenvalue weighted by Crippen LogP contribution is 2.47. The summed E-state index contributed by atoms with van der Waals surface area (Å²) < 4.78 is 5.12. The van der Waals surface area contributed by atoms with Crippen molar-refractivity contribution in [2.45, 2.75) is 38.6 Å². The first kappa shape index (κ1) is 17.3. The van der Waals surface area contributed by atoms with E-state index < -0.39 is 6.04 Å². The van der Waals surface area contributed by atoms with Crippen molar-refractivity contribution in [2.24, 2.45) is 5.41 Å². The number of amides is 2. The quantitative estimate of drug-likeness (QED) is 0.776. The topological polar surface area (TPSA) is 71.3 Å². The van der Waals surface area contributed by atoms with Crippen molar-refractivity contribution in [3.8, 4) is 0 Å². The molecule has 0 bridgehead atoms. The summed E-state index contributed by atoms with van der Waals surface area (Å²) in [6.45, 7) is 2.82. The second-order valence-corrected chi connectivity index (χ2v) is 6.76.